The van der Waals surface area contributed by atoms with Gasteiger partial charge in [-0.25, -0.2) is 9.78 Å². The van der Waals surface area contributed by atoms with Crippen molar-refractivity contribution in [1.82, 2.24) is 14.9 Å². The molecule has 1 aliphatic rings. The van der Waals surface area contributed by atoms with Gasteiger partial charge in [0.2, 0.25) is 5.95 Å². The monoisotopic (exact) mass is 639 g/mol. The molecule has 0 saturated carbocycles. The highest BCUT2D eigenvalue weighted by molar-refractivity contribution is 6.34. The van der Waals surface area contributed by atoms with Gasteiger partial charge in [-0.3, -0.25) is 9.59 Å². The van der Waals surface area contributed by atoms with Crippen molar-refractivity contribution >= 4 is 63.8 Å². The Morgan fingerprint density at radius 2 is 1.74 bits per heavy atom. The Morgan fingerprint density at radius 3 is 2.41 bits per heavy atom. The number of nitrogens with zero attached hydrogens (tertiary/aromatic N) is 4. The summed E-state index contributed by atoms with van der Waals surface area (Å²) in [6, 6.07) is 17.9. The largest absolute Gasteiger partial charge is 0.478 e. The minimum Gasteiger partial charge on any atom is -0.478 e. The number of piperazine rings is 1. The van der Waals surface area contributed by atoms with Crippen molar-refractivity contribution in [1.29, 1.82) is 0 Å². The van der Waals surface area contributed by atoms with Crippen LogP contribution >= 0.6 is 11.6 Å². The first kappa shape index (κ1) is 32.1. The van der Waals surface area contributed by atoms with Gasteiger partial charge in [-0.15, -0.1) is 0 Å². The van der Waals surface area contributed by atoms with Crippen molar-refractivity contribution in [3.05, 3.63) is 107 Å². The standard InChI is InChI=1S/C34H34ClN7O4/c1-4-26(43)18-22-7-5-6-8-29(22)38-31-27(32(44)39-30-21(2)17-23(33(45)46)19-28(30)35)20-36-34(40-31)37-24-9-11-25(12-10-24)42-15-13-41(3)14-16-42/h4-12,17,19-20H,1,13-16,18H2,2-3H3,(H,39,44)(H,45,46)(H2,36,37,38,40). The van der Waals surface area contributed by atoms with E-state index in [1.807, 2.05) is 30.3 Å². The number of anilines is 6. The normalized spacial score (nSPS) is 13.2. The summed E-state index contributed by atoms with van der Waals surface area (Å²) >= 11 is 6.37. The first-order chi connectivity index (χ1) is 22.1. The maximum atomic E-state index is 13.6. The lowest BCUT2D eigenvalue weighted by molar-refractivity contribution is -0.114. The topological polar surface area (TPSA) is 140 Å². The van der Waals surface area contributed by atoms with E-state index in [1.165, 1.54) is 24.4 Å². The zero-order valence-electron chi connectivity index (χ0n) is 25.5. The first-order valence-electron chi connectivity index (χ1n) is 14.6. The zero-order chi connectivity index (χ0) is 32.8. The number of para-hydroxylation sites is 1. The number of carbonyl (C=O) groups is 3. The molecule has 1 fully saturated rings. The first-order valence-corrected chi connectivity index (χ1v) is 15.0. The Balaban J connectivity index is 1.44. The smallest absolute Gasteiger partial charge is 0.335 e. The Bertz CT molecular complexity index is 1760. The lowest BCUT2D eigenvalue weighted by atomic mass is 10.1. The lowest BCUT2D eigenvalue weighted by Crippen LogP contribution is -2.44. The number of aryl methyl sites for hydroxylation is 1. The molecule has 2 heterocycles. The minimum atomic E-state index is -1.13. The molecule has 0 bridgehead atoms. The van der Waals surface area contributed by atoms with Crippen LogP contribution < -0.4 is 20.9 Å². The number of benzene rings is 3. The van der Waals surface area contributed by atoms with E-state index in [2.05, 4.69) is 49.3 Å². The summed E-state index contributed by atoms with van der Waals surface area (Å²) < 4.78 is 0. The number of halogens is 1. The fraction of sp³-hybridized carbons (Fsp3) is 0.206. The summed E-state index contributed by atoms with van der Waals surface area (Å²) in [5.74, 6) is -1.44. The van der Waals surface area contributed by atoms with Gasteiger partial charge in [0, 0.05) is 55.9 Å². The van der Waals surface area contributed by atoms with E-state index in [9.17, 15) is 19.5 Å². The molecule has 46 heavy (non-hydrogen) atoms. The number of carboxylic acids is 1. The quantitative estimate of drug-likeness (QED) is 0.146. The highest BCUT2D eigenvalue weighted by Crippen LogP contribution is 2.30. The number of hydrogen-bond acceptors (Lipinski definition) is 9. The van der Waals surface area contributed by atoms with Crippen molar-refractivity contribution in [2.45, 2.75) is 13.3 Å². The fourth-order valence-corrected chi connectivity index (χ4v) is 5.36. The van der Waals surface area contributed by atoms with Crippen molar-refractivity contribution in [2.75, 3.05) is 54.1 Å². The summed E-state index contributed by atoms with van der Waals surface area (Å²) in [4.78, 5) is 51.0. The van der Waals surface area contributed by atoms with Crippen molar-refractivity contribution in [3.8, 4) is 0 Å². The summed E-state index contributed by atoms with van der Waals surface area (Å²) in [5.41, 5.74) is 4.00. The van der Waals surface area contributed by atoms with Gasteiger partial charge >= 0.3 is 5.97 Å². The van der Waals surface area contributed by atoms with E-state index in [1.54, 1.807) is 25.1 Å². The van der Waals surface area contributed by atoms with Crippen molar-refractivity contribution in [3.63, 3.8) is 0 Å². The van der Waals surface area contributed by atoms with Crippen molar-refractivity contribution in [2.24, 2.45) is 0 Å². The molecular weight excluding hydrogens is 606 g/mol. The zero-order valence-corrected chi connectivity index (χ0v) is 26.3. The molecule has 0 atom stereocenters. The van der Waals surface area contributed by atoms with Crippen molar-refractivity contribution < 1.29 is 19.5 Å². The predicted molar refractivity (Wildman–Crippen MR) is 181 cm³/mol. The molecule has 0 spiro atoms. The van der Waals surface area contributed by atoms with Gasteiger partial charge in [-0.2, -0.15) is 4.98 Å². The highest BCUT2D eigenvalue weighted by Gasteiger charge is 2.20. The highest BCUT2D eigenvalue weighted by atomic mass is 35.5. The molecular formula is C34H34ClN7O4. The molecule has 1 amide bonds. The van der Waals surface area contributed by atoms with E-state index >= 15 is 0 Å². The molecule has 1 saturated heterocycles. The Morgan fingerprint density at radius 1 is 1.02 bits per heavy atom. The molecule has 0 unspecified atom stereocenters. The van der Waals surface area contributed by atoms with Gasteiger partial charge in [0.1, 0.15) is 11.4 Å². The molecule has 4 N–H and O–H groups in total. The molecule has 1 aliphatic heterocycles. The van der Waals surface area contributed by atoms with Gasteiger partial charge in [0.05, 0.1) is 16.3 Å². The number of carboxylic acid groups (broad SMARTS) is 1. The number of amides is 1. The Kier molecular flexibility index (Phi) is 9.94. The van der Waals surface area contributed by atoms with Gasteiger partial charge in [0.25, 0.3) is 5.91 Å². The second-order valence-electron chi connectivity index (χ2n) is 11.0. The number of allylic oxidation sites excluding steroid dienone is 1. The van der Waals surface area contributed by atoms with E-state index in [0.717, 1.165) is 37.6 Å². The molecule has 0 radical (unpaired) electrons. The number of aromatic carboxylic acids is 1. The van der Waals surface area contributed by atoms with E-state index in [4.69, 9.17) is 11.6 Å². The lowest BCUT2D eigenvalue weighted by Gasteiger charge is -2.34. The van der Waals surface area contributed by atoms with E-state index < -0.39 is 11.9 Å². The maximum Gasteiger partial charge on any atom is 0.335 e. The predicted octanol–water partition coefficient (Wildman–Crippen LogP) is 5.93. The van der Waals surface area contributed by atoms with E-state index in [-0.39, 0.29) is 45.8 Å². The summed E-state index contributed by atoms with van der Waals surface area (Å²) in [6.07, 6.45) is 2.76. The van der Waals surface area contributed by atoms with Crippen LogP contribution in [-0.2, 0) is 11.2 Å². The Hall–Kier alpha value is -5.26. The molecule has 12 heteroatoms. The average Bonchev–Trinajstić information content (AvgIpc) is 3.04. The maximum absolute atomic E-state index is 13.6. The number of aromatic nitrogens is 2. The number of nitrogens with one attached hydrogen (secondary N) is 3. The van der Waals surface area contributed by atoms with Gasteiger partial charge < -0.3 is 30.9 Å². The van der Waals surface area contributed by atoms with Gasteiger partial charge in [0.15, 0.2) is 5.78 Å². The molecule has 3 aromatic carbocycles. The molecule has 236 valence electrons. The Labute approximate surface area is 271 Å². The molecule has 11 nitrogen and oxygen atoms in total. The number of hydrogen-bond donors (Lipinski definition) is 4. The molecule has 5 rings (SSSR count). The fourth-order valence-electron chi connectivity index (χ4n) is 5.04. The molecule has 4 aromatic rings. The number of ketones is 1. The van der Waals surface area contributed by atoms with Crippen LogP contribution in [0.15, 0.2) is 79.5 Å². The number of likely N-dealkylation sites (N-methyl/N-ethyl adjacent to an activating group) is 1. The second-order valence-corrected chi connectivity index (χ2v) is 11.4. The van der Waals surface area contributed by atoms with Crippen LogP contribution in [0, 0.1) is 6.92 Å². The van der Waals surface area contributed by atoms with Crippen LogP contribution in [0.25, 0.3) is 0 Å². The van der Waals surface area contributed by atoms with E-state index in [0.29, 0.717) is 16.8 Å². The second kappa shape index (κ2) is 14.2. The molecule has 0 aliphatic carbocycles. The van der Waals surface area contributed by atoms with Crippen LogP contribution in [0.2, 0.25) is 5.02 Å². The van der Waals surface area contributed by atoms with Crippen LogP contribution in [0.1, 0.15) is 31.8 Å². The van der Waals surface area contributed by atoms with Gasteiger partial charge in [-0.1, -0.05) is 36.4 Å². The SMILES string of the molecule is C=CC(=O)Cc1ccccc1Nc1nc(Nc2ccc(N3CCN(C)CC3)cc2)ncc1C(=O)Nc1c(C)cc(C(=O)O)cc1Cl. The summed E-state index contributed by atoms with van der Waals surface area (Å²) in [5, 5.41) is 18.6. The number of rotatable bonds is 11. The molecule has 1 aromatic heterocycles. The van der Waals surface area contributed by atoms with Crippen LogP contribution in [0.4, 0.5) is 34.5 Å². The summed E-state index contributed by atoms with van der Waals surface area (Å²) in [7, 11) is 2.12. The minimum absolute atomic E-state index is 0.00357. The van der Waals surface area contributed by atoms with Crippen LogP contribution in [0.5, 0.6) is 0 Å². The van der Waals surface area contributed by atoms with Gasteiger partial charge in [-0.05, 0) is 73.6 Å². The average molecular weight is 640 g/mol. The van der Waals surface area contributed by atoms with Crippen LogP contribution in [0.3, 0.4) is 0 Å². The number of carbonyl (C=O) groups excluding carboxylic acids is 2. The van der Waals surface area contributed by atoms with Crippen LogP contribution in [-0.4, -0.2) is 70.9 Å². The third-order valence-electron chi connectivity index (χ3n) is 7.66. The third kappa shape index (κ3) is 7.68. The summed E-state index contributed by atoms with van der Waals surface area (Å²) in [6.45, 7) is 9.15. The third-order valence-corrected chi connectivity index (χ3v) is 7.96.